The van der Waals surface area contributed by atoms with E-state index < -0.39 is 35.4 Å². The summed E-state index contributed by atoms with van der Waals surface area (Å²) in [6, 6.07) is 5.65. The molecular formula is C33H55NO8. The van der Waals surface area contributed by atoms with E-state index in [1.54, 1.807) is 19.1 Å². The number of ether oxygens (including phenoxy) is 5. The lowest BCUT2D eigenvalue weighted by Crippen LogP contribution is -2.51. The van der Waals surface area contributed by atoms with Gasteiger partial charge in [-0.2, -0.15) is 0 Å². The van der Waals surface area contributed by atoms with Crippen LogP contribution in [0.15, 0.2) is 18.2 Å². The molecule has 1 aromatic rings. The average Bonchev–Trinajstić information content (AvgIpc) is 3.12. The van der Waals surface area contributed by atoms with Crippen molar-refractivity contribution < 1.29 is 38.4 Å². The fourth-order valence-electron chi connectivity index (χ4n) is 5.66. The Labute approximate surface area is 253 Å². The Morgan fingerprint density at radius 3 is 2.21 bits per heavy atom. The topological polar surface area (TPSA) is 104 Å². The van der Waals surface area contributed by atoms with E-state index >= 15 is 0 Å². The maximum atomic E-state index is 13.6. The first-order chi connectivity index (χ1) is 19.5. The second-order valence-corrected chi connectivity index (χ2v) is 13.6. The molecular weight excluding hydrogens is 538 g/mol. The molecule has 0 bridgehead atoms. The molecule has 1 heterocycles. The van der Waals surface area contributed by atoms with Gasteiger partial charge in [0.25, 0.3) is 0 Å². The first-order valence-corrected chi connectivity index (χ1v) is 15.2. The summed E-state index contributed by atoms with van der Waals surface area (Å²) in [7, 11) is 3.30. The minimum Gasteiger partial charge on any atom is -0.493 e. The number of hydrogen-bond donors (Lipinski definition) is 1. The third-order valence-corrected chi connectivity index (χ3v) is 7.94. The quantitative estimate of drug-likeness (QED) is 0.221. The van der Waals surface area contributed by atoms with Crippen LogP contribution in [0, 0.1) is 23.7 Å². The number of benzene rings is 1. The van der Waals surface area contributed by atoms with Crippen molar-refractivity contribution in [2.24, 2.45) is 23.7 Å². The molecule has 0 spiro atoms. The molecule has 1 saturated heterocycles. The van der Waals surface area contributed by atoms with Gasteiger partial charge in [0.1, 0.15) is 11.3 Å². The second-order valence-electron chi connectivity index (χ2n) is 13.6. The van der Waals surface area contributed by atoms with Crippen LogP contribution in [0.25, 0.3) is 0 Å². The van der Waals surface area contributed by atoms with E-state index in [1.165, 1.54) is 0 Å². The molecule has 1 unspecified atom stereocenters. The van der Waals surface area contributed by atoms with Crippen LogP contribution in [-0.4, -0.2) is 73.0 Å². The summed E-state index contributed by atoms with van der Waals surface area (Å²) in [6.07, 6.45) is 1.56. The number of rotatable bonds is 15. The van der Waals surface area contributed by atoms with Gasteiger partial charge in [0.2, 0.25) is 0 Å². The number of nitrogens with zero attached hydrogens (tertiary/aromatic N) is 1. The van der Waals surface area contributed by atoms with Crippen molar-refractivity contribution in [3.05, 3.63) is 23.8 Å². The molecule has 0 radical (unpaired) electrons. The normalized spacial score (nSPS) is 20.1. The standard InChI is InChI=1S/C33H55NO8/c1-21(2)24(17-23-13-14-27(39-11)29(18-23)40-16-12-15-38-10)19-26-28(20-25(22(3)4)30(35)36)41-33(8,9)34(26)31(37)42-32(5,6)7/h13-14,18,21-22,24-26,28H,12,15-17,19-20H2,1-11H3,(H,35,36)/t24-,25?,26-,28-/m0/s1. The first-order valence-electron chi connectivity index (χ1n) is 15.2. The van der Waals surface area contributed by atoms with Crippen LogP contribution in [0.1, 0.15) is 87.1 Å². The maximum Gasteiger partial charge on any atom is 0.412 e. The highest BCUT2D eigenvalue weighted by Crippen LogP contribution is 2.41. The van der Waals surface area contributed by atoms with Gasteiger partial charge in [-0.25, -0.2) is 4.79 Å². The summed E-state index contributed by atoms with van der Waals surface area (Å²) < 4.78 is 29.0. The summed E-state index contributed by atoms with van der Waals surface area (Å²) in [5, 5.41) is 9.98. The van der Waals surface area contributed by atoms with Crippen molar-refractivity contribution in [1.29, 1.82) is 0 Å². The Morgan fingerprint density at radius 1 is 1.02 bits per heavy atom. The zero-order chi connectivity index (χ0) is 31.8. The Hall–Kier alpha value is -2.52. The molecule has 1 aliphatic rings. The van der Waals surface area contributed by atoms with E-state index in [0.29, 0.717) is 37.6 Å². The lowest BCUT2D eigenvalue weighted by Gasteiger charge is -2.37. The molecule has 4 atom stereocenters. The third kappa shape index (κ3) is 10.0. The van der Waals surface area contributed by atoms with Gasteiger partial charge in [-0.1, -0.05) is 33.8 Å². The summed E-state index contributed by atoms with van der Waals surface area (Å²) >= 11 is 0. The van der Waals surface area contributed by atoms with Crippen molar-refractivity contribution in [2.45, 2.75) is 111 Å². The van der Waals surface area contributed by atoms with Gasteiger partial charge in [-0.3, -0.25) is 9.69 Å². The summed E-state index contributed by atoms with van der Waals surface area (Å²) in [6.45, 7) is 18.6. The molecule has 1 amide bonds. The number of carbonyl (C=O) groups excluding carboxylic acids is 1. The van der Waals surface area contributed by atoms with Crippen molar-refractivity contribution in [2.75, 3.05) is 27.4 Å². The number of methoxy groups -OCH3 is 2. The zero-order valence-corrected chi connectivity index (χ0v) is 27.7. The third-order valence-electron chi connectivity index (χ3n) is 7.94. The number of aliphatic carboxylic acids is 1. The van der Waals surface area contributed by atoms with Crippen LogP contribution in [0.4, 0.5) is 4.79 Å². The molecule has 2 rings (SSSR count). The largest absolute Gasteiger partial charge is 0.493 e. The van der Waals surface area contributed by atoms with E-state index in [2.05, 4.69) is 13.8 Å². The fourth-order valence-corrected chi connectivity index (χ4v) is 5.66. The van der Waals surface area contributed by atoms with Crippen LogP contribution in [0.5, 0.6) is 11.5 Å². The first kappa shape index (κ1) is 35.7. The minimum absolute atomic E-state index is 0.0760. The highest BCUT2D eigenvalue weighted by Gasteiger charge is 2.52. The fraction of sp³-hybridized carbons (Fsp3) is 0.758. The van der Waals surface area contributed by atoms with Crippen LogP contribution in [0.2, 0.25) is 0 Å². The number of amides is 1. The second kappa shape index (κ2) is 15.3. The predicted octanol–water partition coefficient (Wildman–Crippen LogP) is 6.80. The Kier molecular flexibility index (Phi) is 13.0. The highest BCUT2D eigenvalue weighted by molar-refractivity contribution is 5.71. The van der Waals surface area contributed by atoms with E-state index in [0.717, 1.165) is 18.4 Å². The molecule has 1 N–H and O–H groups in total. The summed E-state index contributed by atoms with van der Waals surface area (Å²) in [4.78, 5) is 27.5. The number of hydrogen-bond acceptors (Lipinski definition) is 7. The monoisotopic (exact) mass is 593 g/mol. The highest BCUT2D eigenvalue weighted by atomic mass is 16.6. The molecule has 1 aliphatic heterocycles. The lowest BCUT2D eigenvalue weighted by atomic mass is 9.80. The molecule has 9 heteroatoms. The van der Waals surface area contributed by atoms with E-state index in [4.69, 9.17) is 23.7 Å². The number of carbonyl (C=O) groups is 2. The van der Waals surface area contributed by atoms with Crippen LogP contribution in [-0.2, 0) is 25.4 Å². The van der Waals surface area contributed by atoms with Crippen molar-refractivity contribution >= 4 is 12.1 Å². The summed E-state index contributed by atoms with van der Waals surface area (Å²) in [5.41, 5.74) is -0.541. The van der Waals surface area contributed by atoms with Gasteiger partial charge in [-0.05, 0) is 89.3 Å². The van der Waals surface area contributed by atoms with Crippen molar-refractivity contribution in [3.8, 4) is 11.5 Å². The SMILES string of the molecule is COCCCOc1cc(C[C@@H](C[C@H]2[C@H](CC(C(=O)O)C(C)C)OC(C)(C)N2C(=O)OC(C)(C)C)C(C)C)ccc1OC. The number of carboxylic acid groups (broad SMARTS) is 1. The van der Waals surface area contributed by atoms with Gasteiger partial charge in [0, 0.05) is 20.1 Å². The van der Waals surface area contributed by atoms with Crippen molar-refractivity contribution in [3.63, 3.8) is 0 Å². The predicted molar refractivity (Wildman–Crippen MR) is 163 cm³/mol. The number of carboxylic acids is 1. The van der Waals surface area contributed by atoms with Gasteiger partial charge in [0.05, 0.1) is 31.8 Å². The van der Waals surface area contributed by atoms with Gasteiger partial charge < -0.3 is 28.8 Å². The Morgan fingerprint density at radius 2 is 1.69 bits per heavy atom. The average molecular weight is 594 g/mol. The molecule has 240 valence electrons. The van der Waals surface area contributed by atoms with Crippen LogP contribution in [0.3, 0.4) is 0 Å². The molecule has 42 heavy (non-hydrogen) atoms. The molecule has 9 nitrogen and oxygen atoms in total. The minimum atomic E-state index is -0.956. The van der Waals surface area contributed by atoms with Gasteiger partial charge in [-0.15, -0.1) is 0 Å². The van der Waals surface area contributed by atoms with E-state index in [1.807, 2.05) is 66.7 Å². The molecule has 1 fully saturated rings. The molecule has 0 saturated carbocycles. The van der Waals surface area contributed by atoms with E-state index in [-0.39, 0.29) is 23.8 Å². The van der Waals surface area contributed by atoms with Crippen LogP contribution < -0.4 is 9.47 Å². The molecule has 1 aromatic carbocycles. The smallest absolute Gasteiger partial charge is 0.412 e. The van der Waals surface area contributed by atoms with Gasteiger partial charge in [0.15, 0.2) is 11.5 Å². The molecule has 0 aromatic heterocycles. The summed E-state index contributed by atoms with van der Waals surface area (Å²) in [5.74, 6) is 0.288. The lowest BCUT2D eigenvalue weighted by molar-refractivity contribution is -0.146. The Bertz CT molecular complexity index is 1020. The van der Waals surface area contributed by atoms with Crippen LogP contribution >= 0.6 is 0 Å². The van der Waals surface area contributed by atoms with Crippen molar-refractivity contribution in [1.82, 2.24) is 4.90 Å². The van der Waals surface area contributed by atoms with Gasteiger partial charge >= 0.3 is 12.1 Å². The van der Waals surface area contributed by atoms with E-state index in [9.17, 15) is 14.7 Å². The zero-order valence-electron chi connectivity index (χ0n) is 27.7. The molecule has 0 aliphatic carbocycles. The maximum absolute atomic E-state index is 13.6. The Balaban J connectivity index is 2.42.